The molecule has 0 atom stereocenters. The SMILES string of the molecule is O=C(C(F)=C(F)C(F)(C(F)(F)F)C(F)(F)F)C(F)(C(F)(F)F)C(F)(F)F. The number of allylic oxidation sites excluding steroid dienone is 2. The number of alkyl halides is 14. The maximum Gasteiger partial charge on any atom is 0.439 e. The molecule has 0 aliphatic heterocycles. The van der Waals surface area contributed by atoms with Crippen LogP contribution in [0.15, 0.2) is 11.7 Å². The number of halogens is 16. The topological polar surface area (TPSA) is 17.1 Å². The highest BCUT2D eigenvalue weighted by Gasteiger charge is 2.80. The van der Waals surface area contributed by atoms with Crippen molar-refractivity contribution < 1.29 is 75.0 Å². The van der Waals surface area contributed by atoms with E-state index in [1.807, 2.05) is 0 Å². The van der Waals surface area contributed by atoms with Crippen LogP contribution in [0.5, 0.6) is 0 Å². The summed E-state index contributed by atoms with van der Waals surface area (Å²) in [6.07, 6.45) is -30.1. The van der Waals surface area contributed by atoms with Crippen molar-refractivity contribution in [2.75, 3.05) is 0 Å². The van der Waals surface area contributed by atoms with E-state index in [9.17, 15) is 75.0 Å². The number of ketones is 1. The van der Waals surface area contributed by atoms with Gasteiger partial charge < -0.3 is 0 Å². The second-order valence-corrected chi connectivity index (χ2v) is 4.27. The molecule has 154 valence electrons. The first-order valence-corrected chi connectivity index (χ1v) is 5.23. The predicted octanol–water partition coefficient (Wildman–Crippen LogP) is 5.37. The minimum absolute atomic E-state index is 4.85. The molecule has 0 aromatic carbocycles. The smallest absolute Gasteiger partial charge is 0.287 e. The van der Waals surface area contributed by atoms with Gasteiger partial charge in [0.05, 0.1) is 0 Å². The quantitative estimate of drug-likeness (QED) is 0.437. The fourth-order valence-corrected chi connectivity index (χ4v) is 1.23. The lowest BCUT2D eigenvalue weighted by atomic mass is 9.94. The molecular weight excluding hydrogens is 428 g/mol. The Morgan fingerprint density at radius 2 is 0.692 bits per heavy atom. The number of hydrogen-bond acceptors (Lipinski definition) is 1. The zero-order chi connectivity index (χ0) is 21.7. The van der Waals surface area contributed by atoms with Crippen LogP contribution in [-0.4, -0.2) is 41.8 Å². The van der Waals surface area contributed by atoms with Gasteiger partial charge in [-0.2, -0.15) is 57.1 Å². The van der Waals surface area contributed by atoms with Gasteiger partial charge in [-0.1, -0.05) is 0 Å². The van der Waals surface area contributed by atoms with E-state index in [1.54, 1.807) is 0 Å². The number of carbonyl (C=O) groups excluding carboxylic acids is 1. The highest BCUT2D eigenvalue weighted by atomic mass is 19.4. The molecule has 0 radical (unpaired) electrons. The summed E-state index contributed by atoms with van der Waals surface area (Å²) in [5, 5.41) is 0. The normalized spacial score (nSPS) is 16.5. The van der Waals surface area contributed by atoms with Crippen molar-refractivity contribution in [2.24, 2.45) is 0 Å². The lowest BCUT2D eigenvalue weighted by Gasteiger charge is -2.30. The Morgan fingerprint density at radius 3 is 0.885 bits per heavy atom. The molecule has 0 aliphatic rings. The molecule has 0 saturated heterocycles. The first kappa shape index (κ1) is 24.3. The van der Waals surface area contributed by atoms with Crippen LogP contribution >= 0.6 is 0 Å². The third-order valence-corrected chi connectivity index (χ3v) is 2.57. The standard InChI is InChI=1S/C9F16O/c10-1(2(11)4(12,6(14,15)16)7(17,18)19)3(26)5(13,8(20,21)22)9(23,24)25. The number of Topliss-reactive ketones (excluding diaryl/α,β-unsaturated/α-hetero) is 1. The second-order valence-electron chi connectivity index (χ2n) is 4.27. The van der Waals surface area contributed by atoms with Gasteiger partial charge in [0.1, 0.15) is 0 Å². The lowest BCUT2D eigenvalue weighted by Crippen LogP contribution is -2.60. The monoisotopic (exact) mass is 428 g/mol. The van der Waals surface area contributed by atoms with Crippen molar-refractivity contribution in [3.63, 3.8) is 0 Å². The van der Waals surface area contributed by atoms with Crippen LogP contribution in [0.2, 0.25) is 0 Å². The van der Waals surface area contributed by atoms with E-state index in [0.717, 1.165) is 0 Å². The van der Waals surface area contributed by atoms with Gasteiger partial charge in [-0.15, -0.1) is 0 Å². The Labute approximate surface area is 130 Å². The molecule has 0 rings (SSSR count). The molecule has 1 nitrogen and oxygen atoms in total. The molecule has 0 fully saturated rings. The van der Waals surface area contributed by atoms with Crippen molar-refractivity contribution >= 4 is 5.78 Å². The first-order chi connectivity index (χ1) is 11.0. The minimum Gasteiger partial charge on any atom is -0.287 e. The average Bonchev–Trinajstić information content (AvgIpc) is 2.37. The molecule has 17 heteroatoms. The maximum absolute atomic E-state index is 13.1. The summed E-state index contributed by atoms with van der Waals surface area (Å²) in [7, 11) is 0. The van der Waals surface area contributed by atoms with E-state index in [0.29, 0.717) is 0 Å². The minimum atomic E-state index is -7.54. The highest BCUT2D eigenvalue weighted by molar-refractivity contribution is 6.02. The van der Waals surface area contributed by atoms with Crippen LogP contribution in [0.4, 0.5) is 70.2 Å². The summed E-state index contributed by atoms with van der Waals surface area (Å²) in [4.78, 5) is 10.6. The van der Waals surface area contributed by atoms with E-state index >= 15 is 0 Å². The van der Waals surface area contributed by atoms with E-state index in [2.05, 4.69) is 0 Å². The van der Waals surface area contributed by atoms with Crippen molar-refractivity contribution in [1.29, 1.82) is 0 Å². The Balaban J connectivity index is 6.81. The van der Waals surface area contributed by atoms with Crippen LogP contribution in [0.25, 0.3) is 0 Å². The van der Waals surface area contributed by atoms with Crippen LogP contribution in [0.1, 0.15) is 0 Å². The van der Waals surface area contributed by atoms with Gasteiger partial charge in [-0.3, -0.25) is 4.79 Å². The molecule has 0 N–H and O–H groups in total. The Bertz CT molecular complexity index is 555. The molecule has 0 heterocycles. The van der Waals surface area contributed by atoms with Gasteiger partial charge in [0.2, 0.25) is 11.6 Å². The van der Waals surface area contributed by atoms with Crippen molar-refractivity contribution in [1.82, 2.24) is 0 Å². The Morgan fingerprint density at radius 1 is 0.462 bits per heavy atom. The van der Waals surface area contributed by atoms with E-state index in [1.165, 1.54) is 0 Å². The molecule has 0 bridgehead atoms. The second kappa shape index (κ2) is 6.17. The van der Waals surface area contributed by atoms with Gasteiger partial charge in [0.15, 0.2) is 5.83 Å². The molecule has 0 aromatic heterocycles. The molecule has 26 heavy (non-hydrogen) atoms. The van der Waals surface area contributed by atoms with Crippen molar-refractivity contribution in [3.05, 3.63) is 11.7 Å². The van der Waals surface area contributed by atoms with Crippen LogP contribution in [0.3, 0.4) is 0 Å². The third-order valence-electron chi connectivity index (χ3n) is 2.57. The van der Waals surface area contributed by atoms with Crippen LogP contribution in [-0.2, 0) is 4.79 Å². The van der Waals surface area contributed by atoms with Gasteiger partial charge in [0.25, 0.3) is 0 Å². The van der Waals surface area contributed by atoms with Gasteiger partial charge in [-0.05, 0) is 0 Å². The molecule has 0 saturated carbocycles. The fraction of sp³-hybridized carbons (Fsp3) is 0.667. The molecule has 0 aromatic rings. The van der Waals surface area contributed by atoms with Crippen molar-refractivity contribution in [3.8, 4) is 0 Å². The summed E-state index contributed by atoms with van der Waals surface area (Å²) in [5.41, 5.74) is -15.0. The van der Waals surface area contributed by atoms with Gasteiger partial charge in [-0.25, -0.2) is 13.2 Å². The predicted molar refractivity (Wildman–Crippen MR) is 46.1 cm³/mol. The Hall–Kier alpha value is -1.71. The van der Waals surface area contributed by atoms with E-state index in [4.69, 9.17) is 0 Å². The van der Waals surface area contributed by atoms with Gasteiger partial charge >= 0.3 is 36.0 Å². The molecular formula is C9F16O. The lowest BCUT2D eigenvalue weighted by molar-refractivity contribution is -0.332. The largest absolute Gasteiger partial charge is 0.439 e. The van der Waals surface area contributed by atoms with Crippen LogP contribution < -0.4 is 0 Å². The summed E-state index contributed by atoms with van der Waals surface area (Å²) in [6.45, 7) is 0. The number of rotatable bonds is 3. The summed E-state index contributed by atoms with van der Waals surface area (Å²) in [6, 6.07) is 0. The maximum atomic E-state index is 13.1. The number of carbonyl (C=O) groups is 1. The molecule has 0 spiro atoms. The first-order valence-electron chi connectivity index (χ1n) is 5.23. The summed E-state index contributed by atoms with van der Waals surface area (Å²) >= 11 is 0. The zero-order valence-electron chi connectivity index (χ0n) is 11.0. The summed E-state index contributed by atoms with van der Waals surface area (Å²) < 4.78 is 197. The number of hydrogen-bond donors (Lipinski definition) is 0. The van der Waals surface area contributed by atoms with E-state index < -0.39 is 53.5 Å². The molecule has 0 unspecified atom stereocenters. The fourth-order valence-electron chi connectivity index (χ4n) is 1.23. The molecule has 0 aliphatic carbocycles. The Kier molecular flexibility index (Phi) is 5.77. The van der Waals surface area contributed by atoms with Crippen LogP contribution in [0, 0.1) is 0 Å². The molecule has 0 amide bonds. The van der Waals surface area contributed by atoms with Crippen molar-refractivity contribution in [2.45, 2.75) is 36.0 Å². The zero-order valence-corrected chi connectivity index (χ0v) is 11.0. The van der Waals surface area contributed by atoms with E-state index in [-0.39, 0.29) is 0 Å². The highest BCUT2D eigenvalue weighted by Crippen LogP contribution is 2.54. The third kappa shape index (κ3) is 3.43. The summed E-state index contributed by atoms with van der Waals surface area (Å²) in [5.74, 6) is -14.8. The van der Waals surface area contributed by atoms with Gasteiger partial charge in [0, 0.05) is 0 Å². The average molecular weight is 428 g/mol.